The summed E-state index contributed by atoms with van der Waals surface area (Å²) in [5, 5.41) is 3.40. The van der Waals surface area contributed by atoms with Gasteiger partial charge in [0.25, 0.3) is 0 Å². The average Bonchev–Trinajstić information content (AvgIpc) is 2.36. The molecule has 18 heavy (non-hydrogen) atoms. The van der Waals surface area contributed by atoms with Crippen LogP contribution < -0.4 is 5.32 Å². The van der Waals surface area contributed by atoms with Gasteiger partial charge in [-0.05, 0) is 25.8 Å². The van der Waals surface area contributed by atoms with E-state index in [-0.39, 0.29) is 11.5 Å². The van der Waals surface area contributed by atoms with E-state index in [1.807, 2.05) is 39.0 Å². The third-order valence-electron chi connectivity index (χ3n) is 2.66. The molecule has 3 heteroatoms. The van der Waals surface area contributed by atoms with Crippen molar-refractivity contribution in [2.24, 2.45) is 0 Å². The molecule has 0 aliphatic heterocycles. The lowest BCUT2D eigenvalue weighted by Crippen LogP contribution is -2.43. The summed E-state index contributed by atoms with van der Waals surface area (Å²) in [6, 6.07) is 10.2. The summed E-state index contributed by atoms with van der Waals surface area (Å²) < 4.78 is 5.23. The summed E-state index contributed by atoms with van der Waals surface area (Å²) in [6.45, 7) is 7.22. The van der Waals surface area contributed by atoms with Gasteiger partial charge in [0.1, 0.15) is 6.61 Å². The number of nitrogens with one attached hydrogen (secondary N) is 1. The number of hydrogen-bond acceptors (Lipinski definition) is 3. The summed E-state index contributed by atoms with van der Waals surface area (Å²) in [6.07, 6.45) is 1.32. The highest BCUT2D eigenvalue weighted by atomic mass is 16.5. The van der Waals surface area contributed by atoms with E-state index in [4.69, 9.17) is 4.74 Å². The van der Waals surface area contributed by atoms with E-state index >= 15 is 0 Å². The zero-order valence-electron chi connectivity index (χ0n) is 11.5. The van der Waals surface area contributed by atoms with Crippen molar-refractivity contribution in [3.05, 3.63) is 35.9 Å². The molecule has 0 unspecified atom stereocenters. The second kappa shape index (κ2) is 7.17. The minimum atomic E-state index is -0.209. The molecule has 0 aromatic heterocycles. The molecule has 0 aliphatic carbocycles. The number of esters is 1. The third kappa shape index (κ3) is 5.82. The number of rotatable bonds is 7. The van der Waals surface area contributed by atoms with Gasteiger partial charge in [-0.3, -0.25) is 4.79 Å². The van der Waals surface area contributed by atoms with E-state index in [1.165, 1.54) is 5.56 Å². The highest BCUT2D eigenvalue weighted by Crippen LogP contribution is 2.07. The van der Waals surface area contributed by atoms with E-state index in [2.05, 4.69) is 17.4 Å². The quantitative estimate of drug-likeness (QED) is 0.755. The van der Waals surface area contributed by atoms with Crippen molar-refractivity contribution in [2.75, 3.05) is 6.61 Å². The summed E-state index contributed by atoms with van der Waals surface area (Å²) in [7, 11) is 0. The second-order valence-corrected chi connectivity index (χ2v) is 5.13. The highest BCUT2D eigenvalue weighted by molar-refractivity contribution is 5.69. The van der Waals surface area contributed by atoms with Gasteiger partial charge < -0.3 is 10.1 Å². The van der Waals surface area contributed by atoms with Crippen LogP contribution in [0.2, 0.25) is 0 Å². The molecule has 0 saturated heterocycles. The Kier molecular flexibility index (Phi) is 5.86. The molecule has 0 bridgehead atoms. The molecule has 1 aromatic rings. The van der Waals surface area contributed by atoms with E-state index in [0.29, 0.717) is 13.0 Å². The minimum absolute atomic E-state index is 0.118. The van der Waals surface area contributed by atoms with Gasteiger partial charge in [-0.1, -0.05) is 37.3 Å². The molecule has 0 radical (unpaired) electrons. The van der Waals surface area contributed by atoms with Crippen LogP contribution in [0.15, 0.2) is 30.3 Å². The monoisotopic (exact) mass is 249 g/mol. The van der Waals surface area contributed by atoms with Crippen molar-refractivity contribution in [2.45, 2.75) is 45.7 Å². The zero-order chi connectivity index (χ0) is 13.4. The predicted molar refractivity (Wildman–Crippen MR) is 73.2 cm³/mol. The first-order chi connectivity index (χ1) is 8.53. The topological polar surface area (TPSA) is 38.3 Å². The van der Waals surface area contributed by atoms with Crippen molar-refractivity contribution in [3.8, 4) is 0 Å². The molecule has 0 fully saturated rings. The van der Waals surface area contributed by atoms with Gasteiger partial charge in [-0.25, -0.2) is 0 Å². The molecule has 0 spiro atoms. The normalized spacial score (nSPS) is 11.3. The zero-order valence-corrected chi connectivity index (χ0v) is 11.5. The van der Waals surface area contributed by atoms with Gasteiger partial charge in [0.2, 0.25) is 0 Å². The molecular weight excluding hydrogens is 226 g/mol. The Bertz CT molecular complexity index is 360. The van der Waals surface area contributed by atoms with Gasteiger partial charge in [-0.15, -0.1) is 0 Å². The lowest BCUT2D eigenvalue weighted by molar-refractivity contribution is -0.145. The Morgan fingerprint density at radius 1 is 1.28 bits per heavy atom. The molecule has 0 atom stereocenters. The first-order valence-corrected chi connectivity index (χ1v) is 6.48. The largest absolute Gasteiger partial charge is 0.464 e. The van der Waals surface area contributed by atoms with Crippen LogP contribution in [-0.4, -0.2) is 18.1 Å². The summed E-state index contributed by atoms with van der Waals surface area (Å²) in [5.41, 5.74) is 1.02. The van der Waals surface area contributed by atoms with Crippen LogP contribution in [0, 0.1) is 0 Å². The van der Waals surface area contributed by atoms with Crippen LogP contribution in [0.3, 0.4) is 0 Å². The third-order valence-corrected chi connectivity index (χ3v) is 2.66. The van der Waals surface area contributed by atoms with Crippen molar-refractivity contribution >= 4 is 5.97 Å². The van der Waals surface area contributed by atoms with Crippen molar-refractivity contribution < 1.29 is 9.53 Å². The molecular formula is C15H23NO2. The number of carbonyl (C=O) groups is 1. The predicted octanol–water partition coefficient (Wildman–Crippen LogP) is 2.90. The van der Waals surface area contributed by atoms with E-state index in [0.717, 1.165) is 13.0 Å². The lowest BCUT2D eigenvalue weighted by Gasteiger charge is -2.26. The number of carbonyl (C=O) groups excluding carboxylic acids is 1. The van der Waals surface area contributed by atoms with E-state index in [1.54, 1.807) is 0 Å². The Hall–Kier alpha value is -1.35. The van der Waals surface area contributed by atoms with Crippen LogP contribution in [0.4, 0.5) is 0 Å². The SMILES string of the molecule is CCCC(=O)OCC(C)(C)NCc1ccccc1. The molecule has 1 rings (SSSR count). The van der Waals surface area contributed by atoms with Crippen LogP contribution in [0.25, 0.3) is 0 Å². The maximum atomic E-state index is 11.3. The van der Waals surface area contributed by atoms with Gasteiger partial charge in [0.05, 0.1) is 0 Å². The molecule has 3 nitrogen and oxygen atoms in total. The Labute approximate surface area is 110 Å². The molecule has 0 heterocycles. The Morgan fingerprint density at radius 2 is 1.94 bits per heavy atom. The Morgan fingerprint density at radius 3 is 2.56 bits per heavy atom. The second-order valence-electron chi connectivity index (χ2n) is 5.13. The van der Waals surface area contributed by atoms with Crippen molar-refractivity contribution in [3.63, 3.8) is 0 Å². The van der Waals surface area contributed by atoms with Crippen molar-refractivity contribution in [1.82, 2.24) is 5.32 Å². The minimum Gasteiger partial charge on any atom is -0.464 e. The Balaban J connectivity index is 2.33. The smallest absolute Gasteiger partial charge is 0.305 e. The maximum absolute atomic E-state index is 11.3. The summed E-state index contributed by atoms with van der Waals surface area (Å²) in [4.78, 5) is 11.3. The number of hydrogen-bond donors (Lipinski definition) is 1. The fourth-order valence-corrected chi connectivity index (χ4v) is 1.53. The average molecular weight is 249 g/mol. The number of benzene rings is 1. The summed E-state index contributed by atoms with van der Waals surface area (Å²) in [5.74, 6) is -0.118. The van der Waals surface area contributed by atoms with Crippen LogP contribution in [0.1, 0.15) is 39.2 Å². The maximum Gasteiger partial charge on any atom is 0.305 e. The fraction of sp³-hybridized carbons (Fsp3) is 0.533. The standard InChI is InChI=1S/C15H23NO2/c1-4-8-14(17)18-12-15(2,3)16-11-13-9-6-5-7-10-13/h5-7,9-10,16H,4,8,11-12H2,1-3H3. The van der Waals surface area contributed by atoms with Gasteiger partial charge in [0, 0.05) is 18.5 Å². The fourth-order valence-electron chi connectivity index (χ4n) is 1.53. The van der Waals surface area contributed by atoms with Crippen LogP contribution in [-0.2, 0) is 16.1 Å². The van der Waals surface area contributed by atoms with Gasteiger partial charge in [0.15, 0.2) is 0 Å². The molecule has 0 amide bonds. The highest BCUT2D eigenvalue weighted by Gasteiger charge is 2.19. The first-order valence-electron chi connectivity index (χ1n) is 6.48. The van der Waals surface area contributed by atoms with E-state index in [9.17, 15) is 4.79 Å². The van der Waals surface area contributed by atoms with Gasteiger partial charge in [-0.2, -0.15) is 0 Å². The summed E-state index contributed by atoms with van der Waals surface area (Å²) >= 11 is 0. The van der Waals surface area contributed by atoms with Crippen LogP contribution in [0.5, 0.6) is 0 Å². The molecule has 100 valence electrons. The molecule has 1 N–H and O–H groups in total. The van der Waals surface area contributed by atoms with Crippen LogP contribution >= 0.6 is 0 Å². The van der Waals surface area contributed by atoms with Gasteiger partial charge >= 0.3 is 5.97 Å². The molecule has 0 aliphatic rings. The number of ether oxygens (including phenoxy) is 1. The first kappa shape index (κ1) is 14.7. The lowest BCUT2D eigenvalue weighted by atomic mass is 10.1. The molecule has 1 aromatic carbocycles. The van der Waals surface area contributed by atoms with Crippen molar-refractivity contribution in [1.29, 1.82) is 0 Å². The molecule has 0 saturated carbocycles. The van der Waals surface area contributed by atoms with E-state index < -0.39 is 0 Å².